The van der Waals surface area contributed by atoms with Crippen LogP contribution in [0.25, 0.3) is 0 Å². The predicted molar refractivity (Wildman–Crippen MR) is 93.6 cm³/mol. The third-order valence-corrected chi connectivity index (χ3v) is 4.42. The number of hydrogen-bond acceptors (Lipinski definition) is 3. The largest absolute Gasteiger partial charge is 0.379 e. The van der Waals surface area contributed by atoms with Crippen LogP contribution in [0, 0.1) is 3.57 Å². The summed E-state index contributed by atoms with van der Waals surface area (Å²) < 4.78 is 2.90. The Bertz CT molecular complexity index is 608. The van der Waals surface area contributed by atoms with Gasteiger partial charge >= 0.3 is 0 Å². The molecule has 0 saturated carbocycles. The van der Waals surface area contributed by atoms with E-state index < -0.39 is 5.60 Å². The molecule has 1 unspecified atom stereocenters. The molecule has 0 radical (unpaired) electrons. The van der Waals surface area contributed by atoms with E-state index in [0.717, 1.165) is 15.7 Å². The standard InChI is InChI=1S/C15H19ClIN3O/c1-15(21,11-4-6-12(17)7-5-11)14-13(16)10-18-20(14)9-8-19(2)3/h4-7,10,21H,8-9H2,1-3H3. The summed E-state index contributed by atoms with van der Waals surface area (Å²) in [5.74, 6) is 0. The van der Waals surface area contributed by atoms with Crippen LogP contribution in [0.4, 0.5) is 0 Å². The Balaban J connectivity index is 2.39. The van der Waals surface area contributed by atoms with E-state index >= 15 is 0 Å². The Morgan fingerprint density at radius 1 is 1.33 bits per heavy atom. The smallest absolute Gasteiger partial charge is 0.130 e. The summed E-state index contributed by atoms with van der Waals surface area (Å²) in [4.78, 5) is 2.07. The van der Waals surface area contributed by atoms with E-state index in [1.54, 1.807) is 17.8 Å². The molecule has 2 rings (SSSR count). The monoisotopic (exact) mass is 419 g/mol. The van der Waals surface area contributed by atoms with Gasteiger partial charge in [-0.1, -0.05) is 23.7 Å². The van der Waals surface area contributed by atoms with E-state index in [2.05, 4.69) is 32.6 Å². The third-order valence-electron chi connectivity index (χ3n) is 3.42. The first-order valence-corrected chi connectivity index (χ1v) is 8.13. The zero-order valence-electron chi connectivity index (χ0n) is 12.3. The van der Waals surface area contributed by atoms with Gasteiger partial charge < -0.3 is 10.0 Å². The Labute approximate surface area is 143 Å². The molecule has 4 nitrogen and oxygen atoms in total. The molecule has 1 aromatic carbocycles. The maximum Gasteiger partial charge on any atom is 0.130 e. The first-order valence-electron chi connectivity index (χ1n) is 6.67. The summed E-state index contributed by atoms with van der Waals surface area (Å²) in [6.45, 7) is 3.26. The van der Waals surface area contributed by atoms with Crippen molar-refractivity contribution in [2.45, 2.75) is 19.1 Å². The Hall–Kier alpha value is -0.630. The molecule has 1 aromatic heterocycles. The van der Waals surface area contributed by atoms with Crippen molar-refractivity contribution in [2.24, 2.45) is 0 Å². The molecule has 0 aliphatic heterocycles. The number of halogens is 2. The second-order valence-electron chi connectivity index (χ2n) is 5.45. The van der Waals surface area contributed by atoms with Gasteiger partial charge in [0.15, 0.2) is 0 Å². The minimum absolute atomic E-state index is 0.484. The van der Waals surface area contributed by atoms with E-state index in [9.17, 15) is 5.11 Å². The predicted octanol–water partition coefficient (Wildman–Crippen LogP) is 2.96. The maximum atomic E-state index is 11.0. The van der Waals surface area contributed by atoms with Crippen molar-refractivity contribution in [1.29, 1.82) is 0 Å². The minimum atomic E-state index is -1.18. The Morgan fingerprint density at radius 2 is 1.95 bits per heavy atom. The van der Waals surface area contributed by atoms with Crippen LogP contribution in [-0.4, -0.2) is 40.4 Å². The van der Waals surface area contributed by atoms with Gasteiger partial charge in [-0.05, 0) is 61.3 Å². The lowest BCUT2D eigenvalue weighted by Gasteiger charge is -2.26. The lowest BCUT2D eigenvalue weighted by molar-refractivity contribution is 0.0910. The van der Waals surface area contributed by atoms with Gasteiger partial charge in [-0.2, -0.15) is 5.10 Å². The van der Waals surface area contributed by atoms with E-state index in [-0.39, 0.29) is 0 Å². The molecule has 0 fully saturated rings. The van der Waals surface area contributed by atoms with Crippen LogP contribution < -0.4 is 0 Å². The molecular weight excluding hydrogens is 401 g/mol. The molecule has 114 valence electrons. The highest BCUT2D eigenvalue weighted by Gasteiger charge is 2.32. The van der Waals surface area contributed by atoms with E-state index in [0.29, 0.717) is 17.3 Å². The Kier molecular flexibility index (Phi) is 5.29. The van der Waals surface area contributed by atoms with Crippen molar-refractivity contribution in [1.82, 2.24) is 14.7 Å². The molecule has 1 heterocycles. The molecule has 2 aromatic rings. The third kappa shape index (κ3) is 3.77. The van der Waals surface area contributed by atoms with Crippen molar-refractivity contribution in [3.05, 3.63) is 50.3 Å². The first kappa shape index (κ1) is 16.7. The second-order valence-corrected chi connectivity index (χ2v) is 7.10. The van der Waals surface area contributed by atoms with Gasteiger partial charge in [0.2, 0.25) is 0 Å². The van der Waals surface area contributed by atoms with Crippen LogP contribution in [-0.2, 0) is 12.1 Å². The SMILES string of the molecule is CN(C)CCn1ncc(Cl)c1C(C)(O)c1ccc(I)cc1. The lowest BCUT2D eigenvalue weighted by atomic mass is 9.92. The molecule has 0 spiro atoms. The van der Waals surface area contributed by atoms with Crippen LogP contribution in [0.1, 0.15) is 18.2 Å². The van der Waals surface area contributed by atoms with E-state index in [4.69, 9.17) is 11.6 Å². The molecule has 21 heavy (non-hydrogen) atoms. The summed E-state index contributed by atoms with van der Waals surface area (Å²) in [7, 11) is 4.00. The number of aromatic nitrogens is 2. The van der Waals surface area contributed by atoms with Crippen molar-refractivity contribution in [3.8, 4) is 0 Å². The molecule has 6 heteroatoms. The Morgan fingerprint density at radius 3 is 2.52 bits per heavy atom. The highest BCUT2D eigenvalue weighted by Crippen LogP contribution is 2.34. The number of aliphatic hydroxyl groups is 1. The number of benzene rings is 1. The number of rotatable bonds is 5. The van der Waals surface area contributed by atoms with Gasteiger partial charge in [0, 0.05) is 10.1 Å². The molecule has 1 atom stereocenters. The maximum absolute atomic E-state index is 11.0. The van der Waals surface area contributed by atoms with Crippen LogP contribution in [0.15, 0.2) is 30.5 Å². The first-order chi connectivity index (χ1) is 9.82. The molecule has 0 saturated heterocycles. The average Bonchev–Trinajstić information content (AvgIpc) is 2.78. The summed E-state index contributed by atoms with van der Waals surface area (Å²) >= 11 is 8.51. The van der Waals surface area contributed by atoms with Gasteiger partial charge in [0.25, 0.3) is 0 Å². The molecule has 0 aliphatic rings. The summed E-state index contributed by atoms with van der Waals surface area (Å²) in [5, 5.41) is 15.8. The number of nitrogens with zero attached hydrogens (tertiary/aromatic N) is 3. The van der Waals surface area contributed by atoms with Crippen molar-refractivity contribution in [2.75, 3.05) is 20.6 Å². The van der Waals surface area contributed by atoms with E-state index in [1.807, 2.05) is 38.4 Å². The quantitative estimate of drug-likeness (QED) is 0.758. The minimum Gasteiger partial charge on any atom is -0.379 e. The van der Waals surface area contributed by atoms with Gasteiger partial charge in [0.05, 0.1) is 23.5 Å². The summed E-state index contributed by atoms with van der Waals surface area (Å²) in [6.07, 6.45) is 1.59. The van der Waals surface area contributed by atoms with Gasteiger partial charge in [-0.3, -0.25) is 4.68 Å². The topological polar surface area (TPSA) is 41.3 Å². The highest BCUT2D eigenvalue weighted by molar-refractivity contribution is 14.1. The number of likely N-dealkylation sites (N-methyl/N-ethyl adjacent to an activating group) is 1. The molecular formula is C15H19ClIN3O. The van der Waals surface area contributed by atoms with Gasteiger partial charge in [0.1, 0.15) is 5.60 Å². The average molecular weight is 420 g/mol. The van der Waals surface area contributed by atoms with Crippen molar-refractivity contribution in [3.63, 3.8) is 0 Å². The zero-order valence-corrected chi connectivity index (χ0v) is 15.3. The second kappa shape index (κ2) is 6.64. The van der Waals surface area contributed by atoms with Gasteiger partial charge in [-0.25, -0.2) is 0 Å². The summed E-state index contributed by atoms with van der Waals surface area (Å²) in [5.41, 5.74) is 0.258. The zero-order chi connectivity index (χ0) is 15.6. The van der Waals surface area contributed by atoms with Gasteiger partial charge in [-0.15, -0.1) is 0 Å². The van der Waals surface area contributed by atoms with E-state index in [1.165, 1.54) is 0 Å². The highest BCUT2D eigenvalue weighted by atomic mass is 127. The van der Waals surface area contributed by atoms with Crippen molar-refractivity contribution < 1.29 is 5.11 Å². The van der Waals surface area contributed by atoms with Crippen molar-refractivity contribution >= 4 is 34.2 Å². The fourth-order valence-corrected chi connectivity index (χ4v) is 2.91. The summed E-state index contributed by atoms with van der Waals surface area (Å²) in [6, 6.07) is 7.78. The molecule has 0 aliphatic carbocycles. The fraction of sp³-hybridized carbons (Fsp3) is 0.400. The fourth-order valence-electron chi connectivity index (χ4n) is 2.22. The van der Waals surface area contributed by atoms with Crippen LogP contribution in [0.5, 0.6) is 0 Å². The van der Waals surface area contributed by atoms with Crippen LogP contribution in [0.2, 0.25) is 5.02 Å². The molecule has 0 bridgehead atoms. The number of hydrogen-bond donors (Lipinski definition) is 1. The normalized spacial score (nSPS) is 14.4. The molecule has 1 N–H and O–H groups in total. The van der Waals surface area contributed by atoms with Crippen LogP contribution >= 0.6 is 34.2 Å². The lowest BCUT2D eigenvalue weighted by Crippen LogP contribution is -2.29. The van der Waals surface area contributed by atoms with Crippen LogP contribution in [0.3, 0.4) is 0 Å². The molecule has 0 amide bonds.